The number of carbonyl (C=O) groups excluding carboxylic acids is 2. The first-order valence-corrected chi connectivity index (χ1v) is 25.8. The molecule has 0 aromatic carbocycles. The lowest BCUT2D eigenvalue weighted by Crippen LogP contribution is -2.45. The summed E-state index contributed by atoms with van der Waals surface area (Å²) in [6.07, 6.45) is 58.3. The van der Waals surface area contributed by atoms with E-state index in [2.05, 4.69) is 55.6 Å². The summed E-state index contributed by atoms with van der Waals surface area (Å²) in [6, 6.07) is -0.556. The molecule has 0 saturated heterocycles. The highest BCUT2D eigenvalue weighted by atomic mass is 16.5. The number of carbonyl (C=O) groups is 2. The molecule has 0 aliphatic carbocycles. The first-order valence-electron chi connectivity index (χ1n) is 25.8. The second-order valence-electron chi connectivity index (χ2n) is 17.5. The molecule has 0 aliphatic heterocycles. The van der Waals surface area contributed by atoms with E-state index in [1.165, 1.54) is 154 Å². The fourth-order valence-corrected chi connectivity index (χ4v) is 7.68. The van der Waals surface area contributed by atoms with Crippen LogP contribution >= 0.6 is 0 Å². The second kappa shape index (κ2) is 48.7. The van der Waals surface area contributed by atoms with Crippen LogP contribution in [0, 0.1) is 0 Å². The molecule has 0 aromatic rings. The number of aliphatic hydroxyl groups excluding tert-OH is 2. The molecule has 6 nitrogen and oxygen atoms in total. The van der Waals surface area contributed by atoms with Crippen LogP contribution < -0.4 is 5.32 Å². The van der Waals surface area contributed by atoms with Gasteiger partial charge in [-0.15, -0.1) is 0 Å². The number of nitrogens with one attached hydrogen (secondary N) is 1. The van der Waals surface area contributed by atoms with Gasteiger partial charge in [-0.2, -0.15) is 0 Å². The molecule has 0 aliphatic rings. The summed E-state index contributed by atoms with van der Waals surface area (Å²) in [6.45, 7) is 4.87. The van der Waals surface area contributed by atoms with Crippen LogP contribution in [0.3, 0.4) is 0 Å². The average molecular weight is 830 g/mol. The van der Waals surface area contributed by atoms with Gasteiger partial charge in [0.05, 0.1) is 25.4 Å². The third-order valence-electron chi connectivity index (χ3n) is 11.7. The molecule has 0 bridgehead atoms. The molecule has 0 fully saturated rings. The predicted molar refractivity (Wildman–Crippen MR) is 255 cm³/mol. The van der Waals surface area contributed by atoms with Gasteiger partial charge in [0.15, 0.2) is 0 Å². The molecule has 1 amide bonds. The fourth-order valence-electron chi connectivity index (χ4n) is 7.68. The zero-order chi connectivity index (χ0) is 43.0. The molecule has 346 valence electrons. The minimum absolute atomic E-state index is 0.0257. The van der Waals surface area contributed by atoms with E-state index in [1.54, 1.807) is 0 Å². The van der Waals surface area contributed by atoms with Gasteiger partial charge in [0.25, 0.3) is 0 Å². The van der Waals surface area contributed by atoms with Crippen molar-refractivity contribution in [1.29, 1.82) is 0 Å². The lowest BCUT2D eigenvalue weighted by Gasteiger charge is -2.22. The van der Waals surface area contributed by atoms with Gasteiger partial charge in [-0.25, -0.2) is 0 Å². The maximum absolute atomic E-state index is 12.4. The van der Waals surface area contributed by atoms with Gasteiger partial charge >= 0.3 is 5.97 Å². The number of amides is 1. The molecule has 2 unspecified atom stereocenters. The van der Waals surface area contributed by atoms with E-state index in [1.807, 2.05) is 0 Å². The Balaban J connectivity index is 3.50. The van der Waals surface area contributed by atoms with E-state index in [9.17, 15) is 19.8 Å². The number of rotatable bonds is 47. The number of hydrogen-bond donors (Lipinski definition) is 3. The SMILES string of the molecule is CCCCCCCC/C=C\CCCCCCCCCC(=O)OCCCCC/C=C\C=C/CCCCCCCCC(=O)NC(CO)C(O)CCCCCCCCCCCC. The van der Waals surface area contributed by atoms with Crippen molar-refractivity contribution in [1.82, 2.24) is 5.32 Å². The highest BCUT2D eigenvalue weighted by Crippen LogP contribution is 2.15. The van der Waals surface area contributed by atoms with Gasteiger partial charge < -0.3 is 20.3 Å². The lowest BCUT2D eigenvalue weighted by atomic mass is 10.0. The predicted octanol–water partition coefficient (Wildman–Crippen LogP) is 15.3. The third-order valence-corrected chi connectivity index (χ3v) is 11.7. The monoisotopic (exact) mass is 830 g/mol. The van der Waals surface area contributed by atoms with Crippen molar-refractivity contribution < 1.29 is 24.5 Å². The number of unbranched alkanes of at least 4 members (excludes halogenated alkanes) is 31. The van der Waals surface area contributed by atoms with Crippen molar-refractivity contribution in [2.75, 3.05) is 13.2 Å². The normalized spacial score (nSPS) is 12.9. The molecule has 0 spiro atoms. The summed E-state index contributed by atoms with van der Waals surface area (Å²) < 4.78 is 5.44. The summed E-state index contributed by atoms with van der Waals surface area (Å²) in [4.78, 5) is 24.4. The van der Waals surface area contributed by atoms with Gasteiger partial charge in [0.2, 0.25) is 5.91 Å². The molecule has 6 heteroatoms. The average Bonchev–Trinajstić information content (AvgIpc) is 3.24. The molecule has 3 N–H and O–H groups in total. The maximum atomic E-state index is 12.4. The molecule has 0 saturated carbocycles. The summed E-state index contributed by atoms with van der Waals surface area (Å²) in [7, 11) is 0. The topological polar surface area (TPSA) is 95.9 Å². The maximum Gasteiger partial charge on any atom is 0.305 e. The lowest BCUT2D eigenvalue weighted by molar-refractivity contribution is -0.143. The summed E-state index contributed by atoms with van der Waals surface area (Å²) >= 11 is 0. The van der Waals surface area contributed by atoms with Gasteiger partial charge in [-0.3, -0.25) is 9.59 Å². The summed E-state index contributed by atoms with van der Waals surface area (Å²) in [5.74, 6) is -0.0860. The molecule has 0 heterocycles. The number of ether oxygens (including phenoxy) is 1. The Kier molecular flexibility index (Phi) is 47.2. The van der Waals surface area contributed by atoms with Gasteiger partial charge in [0, 0.05) is 12.8 Å². The summed E-state index contributed by atoms with van der Waals surface area (Å²) in [5.41, 5.74) is 0. The van der Waals surface area contributed by atoms with Crippen LogP contribution in [0.25, 0.3) is 0 Å². The van der Waals surface area contributed by atoms with Crippen molar-refractivity contribution in [2.24, 2.45) is 0 Å². The molecular weight excluding hydrogens is 731 g/mol. The van der Waals surface area contributed by atoms with Crippen LogP contribution in [0.1, 0.15) is 264 Å². The molecule has 59 heavy (non-hydrogen) atoms. The number of hydrogen-bond acceptors (Lipinski definition) is 5. The Morgan fingerprint density at radius 2 is 0.847 bits per heavy atom. The Morgan fingerprint density at radius 1 is 0.475 bits per heavy atom. The van der Waals surface area contributed by atoms with Gasteiger partial charge in [-0.1, -0.05) is 204 Å². The van der Waals surface area contributed by atoms with E-state index in [-0.39, 0.29) is 18.5 Å². The van der Waals surface area contributed by atoms with Gasteiger partial charge in [0.1, 0.15) is 0 Å². The highest BCUT2D eigenvalue weighted by molar-refractivity contribution is 5.76. The van der Waals surface area contributed by atoms with Crippen LogP contribution in [0.2, 0.25) is 0 Å². The first kappa shape index (κ1) is 57.1. The van der Waals surface area contributed by atoms with E-state index < -0.39 is 12.1 Å². The fraction of sp³-hybridized carbons (Fsp3) is 0.849. The van der Waals surface area contributed by atoms with Crippen molar-refractivity contribution in [3.8, 4) is 0 Å². The quantitative estimate of drug-likeness (QED) is 0.0246. The van der Waals surface area contributed by atoms with E-state index in [0.717, 1.165) is 77.0 Å². The van der Waals surface area contributed by atoms with Crippen LogP contribution in [0.4, 0.5) is 0 Å². The second-order valence-corrected chi connectivity index (χ2v) is 17.5. The Labute approximate surface area is 366 Å². The van der Waals surface area contributed by atoms with Crippen molar-refractivity contribution in [3.05, 3.63) is 36.5 Å². The van der Waals surface area contributed by atoms with Crippen LogP contribution in [0.5, 0.6) is 0 Å². The van der Waals surface area contributed by atoms with E-state index >= 15 is 0 Å². The zero-order valence-corrected chi connectivity index (χ0v) is 39.2. The van der Waals surface area contributed by atoms with Crippen molar-refractivity contribution >= 4 is 11.9 Å². The Morgan fingerprint density at radius 3 is 1.31 bits per heavy atom. The minimum atomic E-state index is -0.677. The standard InChI is InChI=1S/C53H99NO5/c1-3-5-7-9-11-13-15-16-17-18-21-24-27-31-35-39-43-47-53(58)59-48-44-40-36-32-28-25-22-19-20-23-26-30-34-38-42-46-52(57)54-50(49-55)51(56)45-41-37-33-29-14-12-10-8-6-4-2/h16-17,19,22,25,28,50-51,55-56H,3-15,18,20-21,23-24,26-27,29-49H2,1-2H3,(H,54,57)/b17-16-,22-19-,28-25-. The minimum Gasteiger partial charge on any atom is -0.466 e. The smallest absolute Gasteiger partial charge is 0.305 e. The Bertz CT molecular complexity index is 962. The van der Waals surface area contributed by atoms with Gasteiger partial charge in [-0.05, 0) is 83.5 Å². The summed E-state index contributed by atoms with van der Waals surface area (Å²) in [5, 5.41) is 23.1. The Hall–Kier alpha value is -1.92. The number of aliphatic hydroxyl groups is 2. The molecule has 0 radical (unpaired) electrons. The first-order chi connectivity index (χ1) is 29.0. The molecule has 2 atom stereocenters. The van der Waals surface area contributed by atoms with Crippen LogP contribution in [0.15, 0.2) is 36.5 Å². The van der Waals surface area contributed by atoms with Crippen molar-refractivity contribution in [3.63, 3.8) is 0 Å². The van der Waals surface area contributed by atoms with E-state index in [4.69, 9.17) is 4.74 Å². The number of allylic oxidation sites excluding steroid dienone is 6. The van der Waals surface area contributed by atoms with Crippen LogP contribution in [-0.4, -0.2) is 47.4 Å². The molecule has 0 rings (SSSR count). The van der Waals surface area contributed by atoms with Crippen LogP contribution in [-0.2, 0) is 14.3 Å². The third kappa shape index (κ3) is 45.4. The van der Waals surface area contributed by atoms with E-state index in [0.29, 0.717) is 25.9 Å². The zero-order valence-electron chi connectivity index (χ0n) is 39.2. The molecular formula is C53H99NO5. The largest absolute Gasteiger partial charge is 0.466 e. The molecule has 0 aromatic heterocycles. The van der Waals surface area contributed by atoms with Crippen molar-refractivity contribution in [2.45, 2.75) is 276 Å². The highest BCUT2D eigenvalue weighted by Gasteiger charge is 2.20. The number of esters is 1.